The number of nitrogens with two attached hydrogens (primary N) is 1. The van der Waals surface area contributed by atoms with Crippen LogP contribution in [-0.4, -0.2) is 109 Å². The molecule has 0 bridgehead atoms. The Morgan fingerprint density at radius 1 is 0.778 bits per heavy atom. The van der Waals surface area contributed by atoms with Crippen molar-refractivity contribution in [1.82, 2.24) is 37.2 Å². The molecule has 18 nitrogen and oxygen atoms in total. The maximum atomic E-state index is 13.8. The third-order valence-corrected chi connectivity index (χ3v) is 7.39. The molecule has 0 aliphatic rings. The molecular formula is C36H56N8O10. The Labute approximate surface area is 315 Å². The van der Waals surface area contributed by atoms with Crippen molar-refractivity contribution in [2.45, 2.75) is 96.5 Å². The summed E-state index contributed by atoms with van der Waals surface area (Å²) in [6.07, 6.45) is 1.25. The van der Waals surface area contributed by atoms with Crippen LogP contribution in [0.1, 0.15) is 65.9 Å². The quantitative estimate of drug-likeness (QED) is 0.0475. The summed E-state index contributed by atoms with van der Waals surface area (Å²) in [5, 5.41) is 27.1. The van der Waals surface area contributed by atoms with Gasteiger partial charge in [0, 0.05) is 13.0 Å². The van der Waals surface area contributed by atoms with E-state index in [1.54, 1.807) is 51.1 Å². The summed E-state index contributed by atoms with van der Waals surface area (Å²) in [6.45, 7) is 10.4. The summed E-state index contributed by atoms with van der Waals surface area (Å²) in [7, 11) is 0. The summed E-state index contributed by atoms with van der Waals surface area (Å²) >= 11 is 0. The fourth-order valence-electron chi connectivity index (χ4n) is 4.76. The van der Waals surface area contributed by atoms with Gasteiger partial charge in [-0.3, -0.25) is 33.6 Å². The predicted octanol–water partition coefficient (Wildman–Crippen LogP) is -1.19. The van der Waals surface area contributed by atoms with Crippen LogP contribution in [-0.2, 0) is 44.7 Å². The molecule has 8 amide bonds. The van der Waals surface area contributed by atoms with Crippen LogP contribution in [0.15, 0.2) is 43.0 Å². The highest BCUT2D eigenvalue weighted by Gasteiger charge is 2.31. The molecule has 0 heterocycles. The molecular weight excluding hydrogens is 704 g/mol. The van der Waals surface area contributed by atoms with E-state index in [9.17, 15) is 43.5 Å². The number of hydrogen-bond donors (Lipinski definition) is 9. The molecule has 1 rings (SSSR count). The maximum Gasteiger partial charge on any atom is 0.407 e. The summed E-state index contributed by atoms with van der Waals surface area (Å²) in [6, 6.07) is 3.71. The standard InChI is InChI=1S/C36H56N8O10/c1-7-28(46)39-19-29(47)40-20-30(48)41-27(21-45)34(52)42-24(15-11-12-16-38-35(53)54-36(4,5)6)32(50)44-26(18-23-13-9-8-10-14-23)33(51)43-25(31(37)49)17-22(2)3/h7-10,13-14,22,24-27,45H,1,11-12,15-21H2,2-6H3,(H2,37,49)(H,38,53)(H,39,46)(H,40,47)(H,41,48)(H,42,52)(H,43,51)(H,44,50)/t24-,25-,26-,27-/m0/s1. The van der Waals surface area contributed by atoms with Gasteiger partial charge in [0.05, 0.1) is 19.7 Å². The highest BCUT2D eigenvalue weighted by molar-refractivity contribution is 5.96. The van der Waals surface area contributed by atoms with Crippen LogP contribution in [0.25, 0.3) is 0 Å². The first-order valence-electron chi connectivity index (χ1n) is 17.6. The number of aliphatic hydroxyl groups excluding tert-OH is 1. The van der Waals surface area contributed by atoms with E-state index in [1.165, 1.54) is 0 Å². The van der Waals surface area contributed by atoms with Gasteiger partial charge in [-0.15, -0.1) is 0 Å². The third-order valence-electron chi connectivity index (χ3n) is 7.39. The topological polar surface area (TPSA) is 276 Å². The Balaban J connectivity index is 3.17. The van der Waals surface area contributed by atoms with Gasteiger partial charge in [-0.2, -0.15) is 0 Å². The van der Waals surface area contributed by atoms with E-state index in [-0.39, 0.29) is 38.1 Å². The molecule has 0 saturated heterocycles. The molecule has 0 aliphatic heterocycles. The van der Waals surface area contributed by atoms with Crippen molar-refractivity contribution >= 4 is 47.4 Å². The van der Waals surface area contributed by atoms with Crippen molar-refractivity contribution in [1.29, 1.82) is 0 Å². The Morgan fingerprint density at radius 2 is 1.35 bits per heavy atom. The van der Waals surface area contributed by atoms with Crippen LogP contribution in [0, 0.1) is 5.92 Å². The minimum atomic E-state index is -1.55. The molecule has 0 saturated carbocycles. The van der Waals surface area contributed by atoms with E-state index in [2.05, 4.69) is 43.8 Å². The van der Waals surface area contributed by atoms with Crippen LogP contribution in [0.4, 0.5) is 4.79 Å². The average molecular weight is 761 g/mol. The fraction of sp³-hybridized carbons (Fsp3) is 0.556. The number of hydrogen-bond acceptors (Lipinski definition) is 10. The largest absolute Gasteiger partial charge is 0.444 e. The van der Waals surface area contributed by atoms with E-state index in [1.807, 2.05) is 13.8 Å². The molecule has 1 aromatic rings. The molecule has 10 N–H and O–H groups in total. The first-order valence-corrected chi connectivity index (χ1v) is 17.6. The number of benzene rings is 1. The zero-order valence-electron chi connectivity index (χ0n) is 31.6. The molecule has 4 atom stereocenters. The monoisotopic (exact) mass is 760 g/mol. The molecule has 0 radical (unpaired) electrons. The second-order valence-corrected chi connectivity index (χ2v) is 13.8. The molecule has 0 aromatic heterocycles. The normalized spacial score (nSPS) is 13.2. The summed E-state index contributed by atoms with van der Waals surface area (Å²) in [5.41, 5.74) is 5.52. The Hall–Kier alpha value is -5.52. The smallest absolute Gasteiger partial charge is 0.407 e. The molecule has 1 aromatic carbocycles. The number of unbranched alkanes of at least 4 members (excludes halogenated alkanes) is 1. The SMILES string of the molecule is C=CC(=O)NCC(=O)NCC(=O)N[C@@H](CO)C(=O)N[C@@H](CCCCNC(=O)OC(C)(C)C)C(=O)N[C@@H](Cc1ccccc1)C(=O)N[C@@H](CC(C)C)C(N)=O. The lowest BCUT2D eigenvalue weighted by Crippen LogP contribution is -2.59. The van der Waals surface area contributed by atoms with Gasteiger partial charge >= 0.3 is 6.09 Å². The van der Waals surface area contributed by atoms with E-state index in [4.69, 9.17) is 10.5 Å². The third kappa shape index (κ3) is 19.9. The first-order chi connectivity index (χ1) is 25.3. The van der Waals surface area contributed by atoms with Gasteiger partial charge in [0.1, 0.15) is 29.8 Å². The van der Waals surface area contributed by atoms with Crippen LogP contribution in [0.3, 0.4) is 0 Å². The van der Waals surface area contributed by atoms with Crippen molar-refractivity contribution in [3.63, 3.8) is 0 Å². The molecule has 300 valence electrons. The predicted molar refractivity (Wildman–Crippen MR) is 198 cm³/mol. The number of nitrogens with one attached hydrogen (secondary N) is 7. The van der Waals surface area contributed by atoms with Crippen molar-refractivity contribution in [3.8, 4) is 0 Å². The molecule has 0 fully saturated rings. The molecule has 0 aliphatic carbocycles. The number of carbonyl (C=O) groups is 8. The van der Waals surface area contributed by atoms with Crippen molar-refractivity contribution in [3.05, 3.63) is 48.6 Å². The molecule has 18 heteroatoms. The highest BCUT2D eigenvalue weighted by Crippen LogP contribution is 2.10. The van der Waals surface area contributed by atoms with Gasteiger partial charge in [0.25, 0.3) is 0 Å². The van der Waals surface area contributed by atoms with Gasteiger partial charge in [0.15, 0.2) is 0 Å². The Morgan fingerprint density at radius 3 is 1.93 bits per heavy atom. The zero-order valence-corrected chi connectivity index (χ0v) is 31.6. The highest BCUT2D eigenvalue weighted by atomic mass is 16.6. The molecule has 54 heavy (non-hydrogen) atoms. The zero-order chi connectivity index (χ0) is 40.8. The van der Waals surface area contributed by atoms with E-state index in [0.29, 0.717) is 12.0 Å². The van der Waals surface area contributed by atoms with Crippen molar-refractivity contribution < 1.29 is 48.2 Å². The van der Waals surface area contributed by atoms with E-state index < -0.39 is 96.9 Å². The summed E-state index contributed by atoms with van der Waals surface area (Å²) in [4.78, 5) is 101. The number of carbonyl (C=O) groups excluding carboxylic acids is 8. The number of aliphatic hydroxyl groups is 1. The van der Waals surface area contributed by atoms with Gasteiger partial charge in [0.2, 0.25) is 41.4 Å². The lowest BCUT2D eigenvalue weighted by atomic mass is 10.0. The van der Waals surface area contributed by atoms with Crippen LogP contribution in [0.2, 0.25) is 0 Å². The Kier molecular flexibility index (Phi) is 20.6. The first kappa shape index (κ1) is 46.5. The van der Waals surface area contributed by atoms with Crippen molar-refractivity contribution in [2.75, 3.05) is 26.2 Å². The van der Waals surface area contributed by atoms with Gasteiger partial charge in [-0.25, -0.2) is 4.79 Å². The number of rotatable bonds is 23. The van der Waals surface area contributed by atoms with Gasteiger partial charge in [-0.05, 0) is 64.0 Å². The minimum absolute atomic E-state index is 0.00306. The molecule has 0 unspecified atom stereocenters. The van der Waals surface area contributed by atoms with Gasteiger partial charge in [-0.1, -0.05) is 50.8 Å². The number of amides is 8. The summed E-state index contributed by atoms with van der Waals surface area (Å²) < 4.78 is 5.22. The lowest BCUT2D eigenvalue weighted by molar-refractivity contribution is -0.135. The number of alkyl carbamates (subject to hydrolysis) is 1. The van der Waals surface area contributed by atoms with Crippen LogP contribution >= 0.6 is 0 Å². The summed E-state index contributed by atoms with van der Waals surface area (Å²) in [5.74, 6) is -5.31. The van der Waals surface area contributed by atoms with E-state index in [0.717, 1.165) is 6.08 Å². The second kappa shape index (κ2) is 23.9. The fourth-order valence-corrected chi connectivity index (χ4v) is 4.76. The number of primary amides is 1. The maximum absolute atomic E-state index is 13.8. The minimum Gasteiger partial charge on any atom is -0.444 e. The molecule has 0 spiro atoms. The van der Waals surface area contributed by atoms with Crippen LogP contribution in [0.5, 0.6) is 0 Å². The number of ether oxygens (including phenoxy) is 1. The van der Waals surface area contributed by atoms with E-state index >= 15 is 0 Å². The lowest BCUT2D eigenvalue weighted by Gasteiger charge is -2.26. The van der Waals surface area contributed by atoms with Gasteiger partial charge < -0.3 is 52.8 Å². The van der Waals surface area contributed by atoms with Crippen LogP contribution < -0.4 is 43.0 Å². The average Bonchev–Trinajstić information content (AvgIpc) is 3.09. The van der Waals surface area contributed by atoms with Crippen molar-refractivity contribution in [2.24, 2.45) is 11.7 Å². The Bertz CT molecular complexity index is 1450. The second-order valence-electron chi connectivity index (χ2n) is 13.8.